The molecule has 0 fully saturated rings. The maximum atomic E-state index is 11.1. The second-order valence-corrected chi connectivity index (χ2v) is 8.04. The van der Waals surface area contributed by atoms with Crippen LogP contribution in [0.25, 0.3) is 0 Å². The molecule has 0 aromatic carbocycles. The molecule has 2 N–H and O–H groups in total. The van der Waals surface area contributed by atoms with Crippen molar-refractivity contribution in [2.45, 2.75) is 129 Å². The van der Waals surface area contributed by atoms with Crippen LogP contribution in [0.3, 0.4) is 0 Å². The molecule has 0 aromatic rings. The van der Waals surface area contributed by atoms with Crippen LogP contribution in [-0.2, 0) is 4.79 Å². The molecular formula is C24H47NO. The van der Waals surface area contributed by atoms with Crippen molar-refractivity contribution in [1.29, 1.82) is 0 Å². The van der Waals surface area contributed by atoms with Crippen molar-refractivity contribution in [3.63, 3.8) is 0 Å². The minimum Gasteiger partial charge on any atom is -0.369 e. The summed E-state index contributed by atoms with van der Waals surface area (Å²) >= 11 is 0. The van der Waals surface area contributed by atoms with E-state index >= 15 is 0 Å². The van der Waals surface area contributed by atoms with Gasteiger partial charge in [0.1, 0.15) is 0 Å². The van der Waals surface area contributed by atoms with Gasteiger partial charge >= 0.3 is 0 Å². The van der Waals surface area contributed by atoms with E-state index in [9.17, 15) is 4.79 Å². The minimum atomic E-state index is -0.230. The Kier molecular flexibility index (Phi) is 19.9. The van der Waals surface area contributed by atoms with Gasteiger partial charge in [0.2, 0.25) is 5.91 Å². The summed E-state index contributed by atoms with van der Waals surface area (Å²) in [5.74, 6) is -0.358. The van der Waals surface area contributed by atoms with Crippen LogP contribution in [0, 0.1) is 5.92 Å². The van der Waals surface area contributed by atoms with Crippen molar-refractivity contribution in [3.8, 4) is 0 Å². The molecule has 0 aliphatic heterocycles. The van der Waals surface area contributed by atoms with Gasteiger partial charge in [-0.25, -0.2) is 0 Å². The van der Waals surface area contributed by atoms with Crippen molar-refractivity contribution >= 4 is 5.91 Å². The van der Waals surface area contributed by atoms with Crippen LogP contribution in [0.5, 0.6) is 0 Å². The lowest BCUT2D eigenvalue weighted by Gasteiger charge is -2.07. The molecule has 1 atom stereocenters. The predicted octanol–water partition coefficient (Wildman–Crippen LogP) is 7.71. The molecular weight excluding hydrogens is 318 g/mol. The highest BCUT2D eigenvalue weighted by Gasteiger charge is 2.09. The van der Waals surface area contributed by atoms with E-state index in [1.165, 1.54) is 109 Å². The van der Waals surface area contributed by atoms with Crippen LogP contribution in [0.15, 0.2) is 12.7 Å². The highest BCUT2D eigenvalue weighted by molar-refractivity contribution is 5.78. The van der Waals surface area contributed by atoms with E-state index in [2.05, 4.69) is 13.5 Å². The number of amides is 1. The number of hydrogen-bond acceptors (Lipinski definition) is 1. The third-order valence-corrected chi connectivity index (χ3v) is 5.52. The van der Waals surface area contributed by atoms with Gasteiger partial charge in [-0.15, -0.1) is 6.58 Å². The third-order valence-electron chi connectivity index (χ3n) is 5.52. The van der Waals surface area contributed by atoms with Crippen molar-refractivity contribution in [1.82, 2.24) is 0 Å². The number of hydrogen-bond donors (Lipinski definition) is 1. The van der Waals surface area contributed by atoms with E-state index < -0.39 is 0 Å². The number of carbonyl (C=O) groups excluding carboxylic acids is 1. The Bertz CT molecular complexity index is 313. The maximum Gasteiger partial charge on any atom is 0.224 e. The van der Waals surface area contributed by atoms with Crippen molar-refractivity contribution in [3.05, 3.63) is 12.7 Å². The molecule has 0 bridgehead atoms. The summed E-state index contributed by atoms with van der Waals surface area (Å²) in [5.41, 5.74) is 5.31. The minimum absolute atomic E-state index is 0.129. The largest absolute Gasteiger partial charge is 0.369 e. The standard InChI is InChI=1S/C24H47NO/c1-3-5-6-7-8-9-10-11-12-13-14-15-16-17-18-19-20-21-22-23(4-2)24(25)26/h4,23H,2-3,5-22H2,1H3,(H2,25,26). The molecule has 0 aromatic heterocycles. The fraction of sp³-hybridized carbons (Fsp3) is 0.875. The van der Waals surface area contributed by atoms with Crippen LogP contribution < -0.4 is 5.73 Å². The molecule has 0 heterocycles. The fourth-order valence-corrected chi connectivity index (χ4v) is 3.64. The van der Waals surface area contributed by atoms with Crippen molar-refractivity contribution in [2.75, 3.05) is 0 Å². The average molecular weight is 366 g/mol. The Morgan fingerprint density at radius 2 is 1.00 bits per heavy atom. The molecule has 0 saturated heterocycles. The first kappa shape index (κ1) is 25.2. The SMILES string of the molecule is C=CC(CCCCCCCCCCCCCCCCCCCC)C(N)=O. The third kappa shape index (κ3) is 18.0. The Labute approximate surface area is 164 Å². The first-order valence-corrected chi connectivity index (χ1v) is 11.6. The average Bonchev–Trinajstić information content (AvgIpc) is 2.63. The molecule has 2 heteroatoms. The summed E-state index contributed by atoms with van der Waals surface area (Å²) in [6.07, 6.45) is 27.5. The number of rotatable bonds is 21. The number of primary amides is 1. The molecule has 1 amide bonds. The van der Waals surface area contributed by atoms with Gasteiger partial charge in [0, 0.05) is 0 Å². The number of unbranched alkanes of at least 4 members (excludes halogenated alkanes) is 17. The van der Waals surface area contributed by atoms with Gasteiger partial charge in [-0.2, -0.15) is 0 Å². The van der Waals surface area contributed by atoms with Gasteiger partial charge in [0.25, 0.3) is 0 Å². The Hall–Kier alpha value is -0.790. The molecule has 1 unspecified atom stereocenters. The van der Waals surface area contributed by atoms with Gasteiger partial charge in [-0.3, -0.25) is 4.79 Å². The maximum absolute atomic E-state index is 11.1. The van der Waals surface area contributed by atoms with E-state index in [4.69, 9.17) is 5.73 Å². The smallest absolute Gasteiger partial charge is 0.224 e. The van der Waals surface area contributed by atoms with Crippen LogP contribution in [0.4, 0.5) is 0 Å². The van der Waals surface area contributed by atoms with E-state index in [1.807, 2.05) is 0 Å². The zero-order valence-electron chi connectivity index (χ0n) is 17.8. The highest BCUT2D eigenvalue weighted by atomic mass is 16.1. The molecule has 2 nitrogen and oxygen atoms in total. The van der Waals surface area contributed by atoms with Crippen LogP contribution in [0.2, 0.25) is 0 Å². The van der Waals surface area contributed by atoms with E-state index in [0.717, 1.165) is 12.8 Å². The van der Waals surface area contributed by atoms with E-state index in [1.54, 1.807) is 6.08 Å². The Morgan fingerprint density at radius 1 is 0.692 bits per heavy atom. The summed E-state index contributed by atoms with van der Waals surface area (Å²) in [5, 5.41) is 0. The van der Waals surface area contributed by atoms with Crippen LogP contribution >= 0.6 is 0 Å². The number of carbonyl (C=O) groups is 1. The van der Waals surface area contributed by atoms with Gasteiger partial charge in [0.05, 0.1) is 5.92 Å². The van der Waals surface area contributed by atoms with Gasteiger partial charge in [0.15, 0.2) is 0 Å². The van der Waals surface area contributed by atoms with Crippen LogP contribution in [-0.4, -0.2) is 5.91 Å². The molecule has 0 spiro atoms. The lowest BCUT2D eigenvalue weighted by molar-refractivity contribution is -0.120. The molecule has 0 aliphatic carbocycles. The molecule has 0 rings (SSSR count). The molecule has 154 valence electrons. The normalized spacial score (nSPS) is 12.2. The summed E-state index contributed by atoms with van der Waals surface area (Å²) in [6, 6.07) is 0. The van der Waals surface area contributed by atoms with Gasteiger partial charge < -0.3 is 5.73 Å². The zero-order valence-corrected chi connectivity index (χ0v) is 17.8. The fourth-order valence-electron chi connectivity index (χ4n) is 3.64. The quantitative estimate of drug-likeness (QED) is 0.164. The summed E-state index contributed by atoms with van der Waals surface area (Å²) in [6.45, 7) is 5.96. The first-order chi connectivity index (χ1) is 12.7. The van der Waals surface area contributed by atoms with Gasteiger partial charge in [-0.1, -0.05) is 129 Å². The van der Waals surface area contributed by atoms with E-state index in [-0.39, 0.29) is 11.8 Å². The molecule has 26 heavy (non-hydrogen) atoms. The summed E-state index contributed by atoms with van der Waals surface area (Å²) in [7, 11) is 0. The monoisotopic (exact) mass is 365 g/mol. The first-order valence-electron chi connectivity index (χ1n) is 11.6. The van der Waals surface area contributed by atoms with Crippen LogP contribution in [0.1, 0.15) is 129 Å². The van der Waals surface area contributed by atoms with Crippen molar-refractivity contribution in [2.24, 2.45) is 11.7 Å². The zero-order chi connectivity index (χ0) is 19.3. The lowest BCUT2D eigenvalue weighted by Crippen LogP contribution is -2.21. The summed E-state index contributed by atoms with van der Waals surface area (Å²) in [4.78, 5) is 11.1. The number of nitrogens with two attached hydrogens (primary N) is 1. The predicted molar refractivity (Wildman–Crippen MR) is 116 cm³/mol. The topological polar surface area (TPSA) is 43.1 Å². The second kappa shape index (κ2) is 20.5. The van der Waals surface area contributed by atoms with Gasteiger partial charge in [-0.05, 0) is 6.42 Å². The second-order valence-electron chi connectivity index (χ2n) is 8.04. The Balaban J connectivity index is 3.11. The molecule has 0 radical (unpaired) electrons. The molecule has 0 aliphatic rings. The Morgan fingerprint density at radius 3 is 1.27 bits per heavy atom. The lowest BCUT2D eigenvalue weighted by atomic mass is 9.99. The van der Waals surface area contributed by atoms with E-state index in [0.29, 0.717) is 0 Å². The van der Waals surface area contributed by atoms with Crippen molar-refractivity contribution < 1.29 is 4.79 Å². The molecule has 0 saturated carbocycles. The summed E-state index contributed by atoms with van der Waals surface area (Å²) < 4.78 is 0. The highest BCUT2D eigenvalue weighted by Crippen LogP contribution is 2.15.